The van der Waals surface area contributed by atoms with Crippen LogP contribution in [0.3, 0.4) is 0 Å². The largest absolute Gasteiger partial charge is 0.294 e. The first-order valence-electron chi connectivity index (χ1n) is 16.1. The third-order valence-electron chi connectivity index (χ3n) is 9.15. The zero-order valence-electron chi connectivity index (χ0n) is 29.3. The average molecular weight is 892 g/mol. The van der Waals surface area contributed by atoms with E-state index in [4.69, 9.17) is 0 Å². The molecule has 1 heterocycles. The second-order valence-electron chi connectivity index (χ2n) is 12.4. The lowest BCUT2D eigenvalue weighted by molar-refractivity contribution is -0.688. The number of carbonyl (C=O) groups is 1. The van der Waals surface area contributed by atoms with E-state index in [1.165, 1.54) is 0 Å². The van der Waals surface area contributed by atoms with Gasteiger partial charge in [0.2, 0.25) is 0 Å². The van der Waals surface area contributed by atoms with Crippen LogP contribution in [-0.2, 0) is 6.54 Å². The predicted octanol–water partition coefficient (Wildman–Crippen LogP) is 7.47. The molecule has 0 radical (unpaired) electrons. The highest BCUT2D eigenvalue weighted by molar-refractivity contribution is 7.20. The lowest BCUT2D eigenvalue weighted by atomic mass is 9.12. The van der Waals surface area contributed by atoms with Crippen molar-refractivity contribution in [2.75, 3.05) is 0 Å². The van der Waals surface area contributed by atoms with Crippen molar-refractivity contribution in [3.8, 4) is 0 Å². The van der Waals surface area contributed by atoms with E-state index in [9.17, 15) is 57.5 Å². The van der Waals surface area contributed by atoms with Crippen LogP contribution in [0.25, 0.3) is 0 Å². The van der Waals surface area contributed by atoms with Crippen LogP contribution in [0.2, 0.25) is 0 Å². The first-order chi connectivity index (χ1) is 28.5. The zero-order chi connectivity index (χ0) is 45.7. The van der Waals surface area contributed by atoms with E-state index in [0.29, 0.717) is 6.54 Å². The van der Waals surface area contributed by atoms with Gasteiger partial charge in [-0.3, -0.25) is 9.78 Å². The van der Waals surface area contributed by atoms with Crippen LogP contribution in [0.4, 0.5) is 87.8 Å². The molecule has 0 spiro atoms. The third kappa shape index (κ3) is 7.19. The van der Waals surface area contributed by atoms with Gasteiger partial charge in [0, 0.05) is 11.1 Å². The Kier molecular flexibility index (Phi) is 12.6. The molecule has 0 aliphatic heterocycles. The fourth-order valence-corrected chi connectivity index (χ4v) is 6.53. The highest BCUT2D eigenvalue weighted by Crippen LogP contribution is 2.30. The number of ketones is 1. The summed E-state index contributed by atoms with van der Waals surface area (Å²) >= 11 is 0. The highest BCUT2D eigenvalue weighted by Gasteiger charge is 2.52. The molecule has 0 N–H and O–H groups in total. The number of halogens is 20. The van der Waals surface area contributed by atoms with Crippen LogP contribution in [0.1, 0.15) is 22.8 Å². The maximum absolute atomic E-state index is 15.4. The Morgan fingerprint density at radius 1 is 0.426 bits per heavy atom. The second kappa shape index (κ2) is 16.9. The molecule has 0 atom stereocenters. The fraction of sp³-hybridized carbons (Fsp3) is 0.0541. The molecule has 320 valence electrons. The minimum absolute atomic E-state index is 0.102. The van der Waals surface area contributed by atoms with Gasteiger partial charge < -0.3 is 0 Å². The molecule has 3 nitrogen and oxygen atoms in total. The van der Waals surface area contributed by atoms with Crippen molar-refractivity contribution in [2.24, 2.45) is 0 Å². The molecule has 6 aromatic rings. The smallest absolute Gasteiger partial charge is 0.200 e. The van der Waals surface area contributed by atoms with E-state index >= 15 is 35.1 Å². The van der Waals surface area contributed by atoms with E-state index < -0.39 is 144 Å². The average Bonchev–Trinajstić information content (AvgIpc) is 3.24. The van der Waals surface area contributed by atoms with Gasteiger partial charge >= 0.3 is 0 Å². The SMILES string of the molecule is CC(=O)c1ccccc1C[n+]1ccncc1.Fc1c(F)c(F)c([B-](c2c(F)c(F)c(F)c(F)c2F)(c2c(F)c(F)c(F)c(F)c2F)c2c(F)c(F)c(F)c(F)c2F)c(F)c1F. The molecule has 0 saturated heterocycles. The summed E-state index contributed by atoms with van der Waals surface area (Å²) < 4.78 is 296. The Morgan fingerprint density at radius 3 is 0.934 bits per heavy atom. The third-order valence-corrected chi connectivity index (χ3v) is 9.15. The minimum atomic E-state index is -7.22. The van der Waals surface area contributed by atoms with Crippen LogP contribution in [0.15, 0.2) is 49.1 Å². The summed E-state index contributed by atoms with van der Waals surface area (Å²) in [7, 11) is 0. The summed E-state index contributed by atoms with van der Waals surface area (Å²) in [6, 6.07) is 7.67. The van der Waals surface area contributed by atoms with Crippen LogP contribution in [0.5, 0.6) is 0 Å². The molecule has 0 aliphatic rings. The number of rotatable bonds is 7. The van der Waals surface area contributed by atoms with Crippen molar-refractivity contribution in [3.63, 3.8) is 0 Å². The first kappa shape index (κ1) is 45.6. The van der Waals surface area contributed by atoms with E-state index in [-0.39, 0.29) is 5.78 Å². The van der Waals surface area contributed by atoms with Crippen molar-refractivity contribution in [1.29, 1.82) is 0 Å². The fourth-order valence-electron chi connectivity index (χ4n) is 6.53. The maximum atomic E-state index is 15.4. The monoisotopic (exact) mass is 892 g/mol. The van der Waals surface area contributed by atoms with Crippen LogP contribution in [0, 0.1) is 116 Å². The Hall–Kier alpha value is -6.49. The first-order valence-corrected chi connectivity index (χ1v) is 16.1. The molecule has 24 heteroatoms. The molecular weight excluding hydrogens is 879 g/mol. The molecule has 5 aromatic carbocycles. The molecule has 61 heavy (non-hydrogen) atoms. The second-order valence-corrected chi connectivity index (χ2v) is 12.4. The zero-order valence-corrected chi connectivity index (χ0v) is 29.3. The van der Waals surface area contributed by atoms with Crippen LogP contribution in [-0.4, -0.2) is 16.9 Å². The minimum Gasteiger partial charge on any atom is -0.294 e. The van der Waals surface area contributed by atoms with Crippen LogP contribution < -0.4 is 26.4 Å². The van der Waals surface area contributed by atoms with Gasteiger partial charge in [-0.1, -0.05) is 24.3 Å². The van der Waals surface area contributed by atoms with Crippen molar-refractivity contribution < 1.29 is 97.2 Å². The summed E-state index contributed by atoms with van der Waals surface area (Å²) in [4.78, 5) is 15.4. The Bertz CT molecular complexity index is 2390. The van der Waals surface area contributed by atoms with Gasteiger partial charge in [-0.25, -0.2) is 87.8 Å². The molecule has 0 amide bonds. The summed E-state index contributed by atoms with van der Waals surface area (Å²) in [6.45, 7) is 2.29. The molecule has 1 aromatic heterocycles. The standard InChI is InChI=1S/C24BF20.C13H13N2O/c26-5-1(6(27)14(35)21(42)13(5)34)25(2-7(28)15(36)22(43)16(37)8(2)29,3-9(30)17(38)23(44)18(39)10(3)31)4-11(32)19(40)24(45)20(41)12(4)33;1-11(16)13-5-3-2-4-12(13)10-15-8-6-14-7-9-15/h;2-9H,10H2,1H3/q-1;+1. The van der Waals surface area contributed by atoms with Gasteiger partial charge in [0.05, 0.1) is 12.4 Å². The van der Waals surface area contributed by atoms with Gasteiger partial charge in [0.25, 0.3) is 0 Å². The van der Waals surface area contributed by atoms with Gasteiger partial charge in [-0.15, -0.1) is 21.9 Å². The molecule has 0 fully saturated rings. The van der Waals surface area contributed by atoms with Gasteiger partial charge in [0.15, 0.2) is 94.5 Å². The lowest BCUT2D eigenvalue weighted by Gasteiger charge is -2.44. The highest BCUT2D eigenvalue weighted by atomic mass is 19.2. The number of nitrogens with zero attached hydrogens (tertiary/aromatic N) is 2. The normalized spacial score (nSPS) is 11.5. The van der Waals surface area contributed by atoms with Crippen LogP contribution >= 0.6 is 0 Å². The van der Waals surface area contributed by atoms with Gasteiger partial charge in [-0.05, 0) is 6.92 Å². The number of Topliss-reactive ketones (excluding diaryl/α,β-unsaturated/α-hetero) is 1. The number of hydrogen-bond donors (Lipinski definition) is 0. The number of carbonyl (C=O) groups excluding carboxylic acids is 1. The van der Waals surface area contributed by atoms with Crippen molar-refractivity contribution in [2.45, 2.75) is 13.5 Å². The summed E-state index contributed by atoms with van der Waals surface area (Å²) in [5.41, 5.74) is -12.5. The van der Waals surface area contributed by atoms with Crippen molar-refractivity contribution in [1.82, 2.24) is 4.98 Å². The number of hydrogen-bond acceptors (Lipinski definition) is 2. The van der Waals surface area contributed by atoms with Crippen molar-refractivity contribution in [3.05, 3.63) is 177 Å². The van der Waals surface area contributed by atoms with Gasteiger partial charge in [-0.2, -0.15) is 4.57 Å². The van der Waals surface area contributed by atoms with Crippen molar-refractivity contribution >= 4 is 33.8 Å². The molecule has 0 unspecified atom stereocenters. The quantitative estimate of drug-likeness (QED) is 0.0417. The summed E-state index contributed by atoms with van der Waals surface area (Å²) in [6.07, 6.45) is 0.0197. The summed E-state index contributed by atoms with van der Waals surface area (Å²) in [5, 5.41) is 0. The molecule has 0 bridgehead atoms. The van der Waals surface area contributed by atoms with Gasteiger partial charge in [0.1, 0.15) is 52.7 Å². The Balaban J connectivity index is 0.000000366. The molecular formula is C37H13BF20N2O. The van der Waals surface area contributed by atoms with E-state index in [0.717, 1.165) is 11.1 Å². The Morgan fingerprint density at radius 2 is 0.672 bits per heavy atom. The lowest BCUT2D eigenvalue weighted by Crippen LogP contribution is -2.81. The maximum Gasteiger partial charge on any atom is 0.200 e. The Labute approximate surface area is 326 Å². The topological polar surface area (TPSA) is 33.8 Å². The number of benzene rings is 5. The van der Waals surface area contributed by atoms with E-state index in [2.05, 4.69) is 4.98 Å². The molecule has 0 saturated carbocycles. The van der Waals surface area contributed by atoms with E-state index in [1.807, 2.05) is 41.2 Å². The molecule has 6 rings (SSSR count). The molecule has 0 aliphatic carbocycles. The number of aromatic nitrogens is 2. The predicted molar refractivity (Wildman–Crippen MR) is 169 cm³/mol. The van der Waals surface area contributed by atoms with E-state index in [1.54, 1.807) is 19.3 Å². The summed E-state index contributed by atoms with van der Waals surface area (Å²) in [5.74, 6) is -71.3.